The van der Waals surface area contributed by atoms with Gasteiger partial charge >= 0.3 is 0 Å². The summed E-state index contributed by atoms with van der Waals surface area (Å²) >= 11 is 0. The summed E-state index contributed by atoms with van der Waals surface area (Å²) in [5, 5.41) is 3.47. The molecule has 0 amide bonds. The van der Waals surface area contributed by atoms with Gasteiger partial charge in [0.1, 0.15) is 5.75 Å². The van der Waals surface area contributed by atoms with Crippen molar-refractivity contribution in [2.24, 2.45) is 5.92 Å². The topological polar surface area (TPSA) is 30.5 Å². The molecule has 2 rings (SSSR count). The normalized spacial score (nSPS) is 23.8. The fourth-order valence-electron chi connectivity index (χ4n) is 3.09. The molecule has 0 radical (unpaired) electrons. The Labute approximate surface area is 122 Å². The highest BCUT2D eigenvalue weighted by molar-refractivity contribution is 5.29. The van der Waals surface area contributed by atoms with Crippen molar-refractivity contribution in [3.05, 3.63) is 29.8 Å². The van der Waals surface area contributed by atoms with Crippen molar-refractivity contribution in [3.63, 3.8) is 0 Å². The molecule has 0 saturated carbocycles. The van der Waals surface area contributed by atoms with Crippen molar-refractivity contribution < 1.29 is 9.47 Å². The Kier molecular flexibility index (Phi) is 5.86. The van der Waals surface area contributed by atoms with Crippen LogP contribution in [0.3, 0.4) is 0 Å². The lowest BCUT2D eigenvalue weighted by Crippen LogP contribution is -2.30. The molecule has 3 atom stereocenters. The third-order valence-electron chi connectivity index (χ3n) is 4.11. The zero-order chi connectivity index (χ0) is 14.4. The van der Waals surface area contributed by atoms with Crippen molar-refractivity contribution in [3.8, 4) is 5.75 Å². The highest BCUT2D eigenvalue weighted by Gasteiger charge is 2.33. The quantitative estimate of drug-likeness (QED) is 0.826. The molecule has 1 aromatic carbocycles. The second-order valence-electron chi connectivity index (χ2n) is 5.45. The molecule has 1 heterocycles. The van der Waals surface area contributed by atoms with Crippen LogP contribution in [-0.2, 0) is 4.74 Å². The number of hydrogen-bond acceptors (Lipinski definition) is 3. The molecule has 1 fully saturated rings. The Hall–Kier alpha value is -1.06. The molecular formula is C17H27NO2. The van der Waals surface area contributed by atoms with E-state index in [0.717, 1.165) is 38.2 Å². The summed E-state index contributed by atoms with van der Waals surface area (Å²) in [5.74, 6) is 1.52. The second-order valence-corrected chi connectivity index (χ2v) is 5.45. The summed E-state index contributed by atoms with van der Waals surface area (Å²) in [5.41, 5.74) is 1.32. The molecule has 0 bridgehead atoms. The van der Waals surface area contributed by atoms with Crippen LogP contribution in [0.2, 0.25) is 0 Å². The Morgan fingerprint density at radius 3 is 2.65 bits per heavy atom. The van der Waals surface area contributed by atoms with Gasteiger partial charge in [-0.2, -0.15) is 0 Å². The van der Waals surface area contributed by atoms with Gasteiger partial charge in [-0.25, -0.2) is 0 Å². The average Bonchev–Trinajstić information content (AvgIpc) is 2.95. The highest BCUT2D eigenvalue weighted by Crippen LogP contribution is 2.35. The van der Waals surface area contributed by atoms with Gasteiger partial charge in [-0.3, -0.25) is 0 Å². The van der Waals surface area contributed by atoms with Gasteiger partial charge in [-0.15, -0.1) is 0 Å². The maximum Gasteiger partial charge on any atom is 0.119 e. The number of nitrogens with one attached hydrogen (secondary N) is 1. The van der Waals surface area contributed by atoms with Gasteiger partial charge in [0.2, 0.25) is 0 Å². The van der Waals surface area contributed by atoms with E-state index < -0.39 is 0 Å². The minimum absolute atomic E-state index is 0.364. The molecule has 0 aliphatic carbocycles. The summed E-state index contributed by atoms with van der Waals surface area (Å²) in [7, 11) is 2.04. The van der Waals surface area contributed by atoms with Gasteiger partial charge in [-0.1, -0.05) is 26.0 Å². The average molecular weight is 277 g/mol. The van der Waals surface area contributed by atoms with Gasteiger partial charge in [-0.05, 0) is 44.0 Å². The fourth-order valence-corrected chi connectivity index (χ4v) is 3.09. The SMILES string of the molecule is CCCOc1ccc(C(NC)C2CCOC2CC)cc1. The van der Waals surface area contributed by atoms with Gasteiger partial charge < -0.3 is 14.8 Å². The lowest BCUT2D eigenvalue weighted by atomic mass is 9.87. The van der Waals surface area contributed by atoms with Gasteiger partial charge in [0.15, 0.2) is 0 Å². The zero-order valence-electron chi connectivity index (χ0n) is 12.9. The molecule has 0 aromatic heterocycles. The van der Waals surface area contributed by atoms with Crippen LogP contribution in [0.5, 0.6) is 5.75 Å². The van der Waals surface area contributed by atoms with Crippen LogP contribution in [0.1, 0.15) is 44.7 Å². The number of benzene rings is 1. The van der Waals surface area contributed by atoms with Crippen molar-refractivity contribution >= 4 is 0 Å². The van der Waals surface area contributed by atoms with Crippen LogP contribution in [0.15, 0.2) is 24.3 Å². The molecule has 3 nitrogen and oxygen atoms in total. The predicted octanol–water partition coefficient (Wildman–Crippen LogP) is 3.55. The zero-order valence-corrected chi connectivity index (χ0v) is 12.9. The summed E-state index contributed by atoms with van der Waals surface area (Å²) in [6.45, 7) is 6.00. The van der Waals surface area contributed by atoms with Crippen LogP contribution in [0.25, 0.3) is 0 Å². The molecule has 1 saturated heterocycles. The van der Waals surface area contributed by atoms with Crippen molar-refractivity contribution in [2.75, 3.05) is 20.3 Å². The van der Waals surface area contributed by atoms with E-state index in [-0.39, 0.29) is 0 Å². The molecular weight excluding hydrogens is 250 g/mol. The molecule has 1 aromatic rings. The molecule has 1 N–H and O–H groups in total. The monoisotopic (exact) mass is 277 g/mol. The minimum Gasteiger partial charge on any atom is -0.494 e. The lowest BCUT2D eigenvalue weighted by Gasteiger charge is -2.27. The van der Waals surface area contributed by atoms with Crippen molar-refractivity contribution in [2.45, 2.75) is 45.3 Å². The summed E-state index contributed by atoms with van der Waals surface area (Å²) in [4.78, 5) is 0. The summed E-state index contributed by atoms with van der Waals surface area (Å²) in [6.07, 6.45) is 3.64. The maximum atomic E-state index is 5.83. The Balaban J connectivity index is 2.07. The maximum absolute atomic E-state index is 5.83. The minimum atomic E-state index is 0.364. The molecule has 1 aliphatic rings. The van der Waals surface area contributed by atoms with E-state index >= 15 is 0 Å². The first-order valence-corrected chi connectivity index (χ1v) is 7.81. The van der Waals surface area contributed by atoms with Crippen molar-refractivity contribution in [1.82, 2.24) is 5.32 Å². The van der Waals surface area contributed by atoms with Crippen LogP contribution in [0, 0.1) is 5.92 Å². The highest BCUT2D eigenvalue weighted by atomic mass is 16.5. The lowest BCUT2D eigenvalue weighted by molar-refractivity contribution is 0.0782. The number of ether oxygens (including phenoxy) is 2. The van der Waals surface area contributed by atoms with Gasteiger partial charge in [0, 0.05) is 18.6 Å². The first-order chi connectivity index (χ1) is 9.80. The molecule has 3 unspecified atom stereocenters. The fraction of sp³-hybridized carbons (Fsp3) is 0.647. The third-order valence-corrected chi connectivity index (χ3v) is 4.11. The van der Waals surface area contributed by atoms with E-state index in [1.807, 2.05) is 7.05 Å². The van der Waals surface area contributed by atoms with Crippen LogP contribution >= 0.6 is 0 Å². The molecule has 0 spiro atoms. The molecule has 112 valence electrons. The van der Waals surface area contributed by atoms with Crippen molar-refractivity contribution in [1.29, 1.82) is 0 Å². The number of rotatable bonds is 7. The molecule has 20 heavy (non-hydrogen) atoms. The van der Waals surface area contributed by atoms with Crippen LogP contribution in [0.4, 0.5) is 0 Å². The summed E-state index contributed by atoms with van der Waals surface area (Å²) in [6, 6.07) is 8.87. The van der Waals surface area contributed by atoms with E-state index in [9.17, 15) is 0 Å². The van der Waals surface area contributed by atoms with Gasteiger partial charge in [0.25, 0.3) is 0 Å². The second kappa shape index (κ2) is 7.65. The Bertz CT molecular complexity index is 390. The van der Waals surface area contributed by atoms with Crippen LogP contribution in [-0.4, -0.2) is 26.4 Å². The van der Waals surface area contributed by atoms with E-state index in [2.05, 4.69) is 43.4 Å². The Morgan fingerprint density at radius 2 is 2.05 bits per heavy atom. The molecule has 3 heteroatoms. The predicted molar refractivity (Wildman–Crippen MR) is 82.2 cm³/mol. The molecule has 1 aliphatic heterocycles. The first kappa shape index (κ1) is 15.3. The standard InChI is InChI=1S/C17H27NO2/c1-4-11-19-14-8-6-13(7-9-14)17(18-3)15-10-12-20-16(15)5-2/h6-9,15-18H,4-5,10-12H2,1-3H3. The van der Waals surface area contributed by atoms with Gasteiger partial charge in [0.05, 0.1) is 12.7 Å². The number of hydrogen-bond donors (Lipinski definition) is 1. The Morgan fingerprint density at radius 1 is 1.30 bits per heavy atom. The van der Waals surface area contributed by atoms with E-state index in [1.165, 1.54) is 5.56 Å². The van der Waals surface area contributed by atoms with E-state index in [4.69, 9.17) is 9.47 Å². The first-order valence-electron chi connectivity index (χ1n) is 7.81. The smallest absolute Gasteiger partial charge is 0.119 e. The van der Waals surface area contributed by atoms with E-state index in [1.54, 1.807) is 0 Å². The largest absolute Gasteiger partial charge is 0.494 e. The van der Waals surface area contributed by atoms with Crippen LogP contribution < -0.4 is 10.1 Å². The van der Waals surface area contributed by atoms with E-state index in [0.29, 0.717) is 18.1 Å². The third kappa shape index (κ3) is 3.53. The summed E-state index contributed by atoms with van der Waals surface area (Å²) < 4.78 is 11.5.